The quantitative estimate of drug-likeness (QED) is 0.184. The van der Waals surface area contributed by atoms with Crippen molar-refractivity contribution in [1.29, 1.82) is 0 Å². The molecule has 4 rings (SSSR count). The van der Waals surface area contributed by atoms with Gasteiger partial charge in [0.05, 0.1) is 23.8 Å². The standard InChI is InChI=1S/C27H29N3O3S/c1-6-17(2)30-26(32)22-9-7-8-10-24(22)28-27(30)34-16-25(31)23-15-18(3)29(19(23)4)20-11-13-21(33-5)14-12-20/h7-15,17H,6,16H2,1-5H3. The average molecular weight is 476 g/mol. The fraction of sp³-hybridized carbons (Fsp3) is 0.296. The molecule has 34 heavy (non-hydrogen) atoms. The fourth-order valence-electron chi connectivity index (χ4n) is 4.18. The number of carbonyl (C=O) groups is 1. The van der Waals surface area contributed by atoms with Crippen molar-refractivity contribution in [2.75, 3.05) is 12.9 Å². The fourth-order valence-corrected chi connectivity index (χ4v) is 5.16. The number of ketones is 1. The number of hydrogen-bond donors (Lipinski definition) is 0. The van der Waals surface area contributed by atoms with Crippen molar-refractivity contribution in [3.05, 3.63) is 81.9 Å². The molecule has 0 amide bonds. The lowest BCUT2D eigenvalue weighted by Gasteiger charge is -2.18. The zero-order valence-corrected chi connectivity index (χ0v) is 21.0. The molecule has 2 heterocycles. The number of methoxy groups -OCH3 is 1. The zero-order valence-electron chi connectivity index (χ0n) is 20.2. The van der Waals surface area contributed by atoms with Gasteiger partial charge in [0.25, 0.3) is 5.56 Å². The number of aryl methyl sites for hydroxylation is 1. The highest BCUT2D eigenvalue weighted by atomic mass is 32.2. The monoisotopic (exact) mass is 475 g/mol. The molecule has 0 N–H and O–H groups in total. The molecule has 0 aliphatic carbocycles. The van der Waals surface area contributed by atoms with Gasteiger partial charge < -0.3 is 9.30 Å². The second-order valence-electron chi connectivity index (χ2n) is 8.37. The summed E-state index contributed by atoms with van der Waals surface area (Å²) in [5.41, 5.74) is 4.12. The van der Waals surface area contributed by atoms with Crippen LogP contribution in [0.2, 0.25) is 0 Å². The number of hydrogen-bond acceptors (Lipinski definition) is 5. The van der Waals surface area contributed by atoms with Crippen molar-refractivity contribution in [2.24, 2.45) is 0 Å². The van der Waals surface area contributed by atoms with Crippen LogP contribution in [-0.4, -0.2) is 32.8 Å². The Balaban J connectivity index is 1.64. The molecule has 2 aromatic carbocycles. The molecule has 0 radical (unpaired) electrons. The third kappa shape index (κ3) is 4.40. The molecule has 0 aliphatic heterocycles. The second kappa shape index (κ2) is 9.89. The Morgan fingerprint density at radius 1 is 1.12 bits per heavy atom. The SMILES string of the molecule is CCC(C)n1c(SCC(=O)c2cc(C)n(-c3ccc(OC)cc3)c2C)nc2ccccc2c1=O. The molecule has 6 nitrogen and oxygen atoms in total. The van der Waals surface area contributed by atoms with E-state index >= 15 is 0 Å². The summed E-state index contributed by atoms with van der Waals surface area (Å²) in [6.45, 7) is 8.00. The third-order valence-corrected chi connectivity index (χ3v) is 7.15. The molecule has 0 fully saturated rings. The molecule has 1 unspecified atom stereocenters. The lowest BCUT2D eigenvalue weighted by molar-refractivity contribution is 0.102. The van der Waals surface area contributed by atoms with E-state index in [0.29, 0.717) is 21.6 Å². The maximum absolute atomic E-state index is 13.3. The van der Waals surface area contributed by atoms with Gasteiger partial charge in [0.1, 0.15) is 5.75 Å². The summed E-state index contributed by atoms with van der Waals surface area (Å²) in [5.74, 6) is 0.999. The Hall–Kier alpha value is -3.32. The van der Waals surface area contributed by atoms with Crippen LogP contribution in [0.25, 0.3) is 16.6 Å². The summed E-state index contributed by atoms with van der Waals surface area (Å²) in [6.07, 6.45) is 0.796. The van der Waals surface area contributed by atoms with Crippen LogP contribution in [0.4, 0.5) is 0 Å². The van der Waals surface area contributed by atoms with Crippen LogP contribution in [-0.2, 0) is 0 Å². The molecular formula is C27H29N3O3S. The first kappa shape index (κ1) is 23.8. The molecule has 0 bridgehead atoms. The summed E-state index contributed by atoms with van der Waals surface area (Å²) in [5, 5.41) is 1.18. The minimum Gasteiger partial charge on any atom is -0.497 e. The smallest absolute Gasteiger partial charge is 0.262 e. The molecule has 176 valence electrons. The maximum atomic E-state index is 13.3. The number of thioether (sulfide) groups is 1. The van der Waals surface area contributed by atoms with Crippen molar-refractivity contribution in [3.8, 4) is 11.4 Å². The van der Waals surface area contributed by atoms with Crippen LogP contribution in [0.15, 0.2) is 64.5 Å². The second-order valence-corrected chi connectivity index (χ2v) is 9.32. The minimum atomic E-state index is -0.0624. The van der Waals surface area contributed by atoms with E-state index < -0.39 is 0 Å². The van der Waals surface area contributed by atoms with Crippen molar-refractivity contribution in [1.82, 2.24) is 14.1 Å². The summed E-state index contributed by atoms with van der Waals surface area (Å²) >= 11 is 1.32. The molecule has 2 aromatic heterocycles. The molecule has 0 aliphatic rings. The number of para-hydroxylation sites is 1. The van der Waals surface area contributed by atoms with Gasteiger partial charge in [-0.05, 0) is 69.7 Å². The average Bonchev–Trinajstić information content (AvgIpc) is 3.16. The van der Waals surface area contributed by atoms with Crippen molar-refractivity contribution in [3.63, 3.8) is 0 Å². The van der Waals surface area contributed by atoms with Crippen LogP contribution in [0.1, 0.15) is 48.1 Å². The van der Waals surface area contributed by atoms with Gasteiger partial charge in [-0.25, -0.2) is 4.98 Å². The number of benzene rings is 2. The molecule has 0 saturated carbocycles. The first-order valence-corrected chi connectivity index (χ1v) is 12.3. The number of fused-ring (bicyclic) bond motifs is 1. The third-order valence-electron chi connectivity index (χ3n) is 6.20. The van der Waals surface area contributed by atoms with Crippen molar-refractivity contribution in [2.45, 2.75) is 45.3 Å². The van der Waals surface area contributed by atoms with E-state index in [2.05, 4.69) is 4.57 Å². The highest BCUT2D eigenvalue weighted by Gasteiger charge is 2.20. The van der Waals surface area contributed by atoms with Crippen LogP contribution >= 0.6 is 11.8 Å². The van der Waals surface area contributed by atoms with Crippen molar-refractivity contribution >= 4 is 28.4 Å². The normalized spacial score (nSPS) is 12.1. The number of ether oxygens (including phenoxy) is 1. The molecular weight excluding hydrogens is 446 g/mol. The Morgan fingerprint density at radius 3 is 2.50 bits per heavy atom. The van der Waals surface area contributed by atoms with Gasteiger partial charge in [0.15, 0.2) is 10.9 Å². The number of nitrogens with zero attached hydrogens (tertiary/aromatic N) is 3. The Kier molecular flexibility index (Phi) is 6.93. The lowest BCUT2D eigenvalue weighted by Crippen LogP contribution is -2.26. The first-order chi connectivity index (χ1) is 16.3. The Labute approximate surface area is 203 Å². The number of aromatic nitrogens is 3. The summed E-state index contributed by atoms with van der Waals surface area (Å²) in [6, 6.07) is 17.0. The lowest BCUT2D eigenvalue weighted by atomic mass is 10.2. The minimum absolute atomic E-state index is 0.0102. The van der Waals surface area contributed by atoms with E-state index in [1.165, 1.54) is 11.8 Å². The zero-order chi connectivity index (χ0) is 24.4. The Morgan fingerprint density at radius 2 is 1.82 bits per heavy atom. The summed E-state index contributed by atoms with van der Waals surface area (Å²) in [7, 11) is 1.64. The van der Waals surface area contributed by atoms with E-state index in [1.807, 2.05) is 76.2 Å². The van der Waals surface area contributed by atoms with Gasteiger partial charge in [-0.3, -0.25) is 14.2 Å². The predicted molar refractivity (Wildman–Crippen MR) is 138 cm³/mol. The number of Topliss-reactive ketones (excluding diaryl/α,β-unsaturated/α-hetero) is 1. The molecule has 4 aromatic rings. The summed E-state index contributed by atoms with van der Waals surface area (Å²) in [4.78, 5) is 31.2. The molecule has 7 heteroatoms. The van der Waals surface area contributed by atoms with Gasteiger partial charge in [0, 0.05) is 28.7 Å². The van der Waals surface area contributed by atoms with E-state index in [0.717, 1.165) is 29.2 Å². The topological polar surface area (TPSA) is 66.1 Å². The number of carbonyl (C=O) groups excluding carboxylic acids is 1. The Bertz CT molecular complexity index is 1400. The first-order valence-electron chi connectivity index (χ1n) is 11.4. The van der Waals surface area contributed by atoms with E-state index in [-0.39, 0.29) is 23.1 Å². The van der Waals surface area contributed by atoms with Crippen LogP contribution in [0.5, 0.6) is 5.75 Å². The number of rotatable bonds is 8. The van der Waals surface area contributed by atoms with Crippen molar-refractivity contribution < 1.29 is 9.53 Å². The van der Waals surface area contributed by atoms with Crippen LogP contribution in [0.3, 0.4) is 0 Å². The van der Waals surface area contributed by atoms with Gasteiger partial charge >= 0.3 is 0 Å². The largest absolute Gasteiger partial charge is 0.497 e. The van der Waals surface area contributed by atoms with Gasteiger partial charge in [0.2, 0.25) is 0 Å². The highest BCUT2D eigenvalue weighted by molar-refractivity contribution is 7.99. The van der Waals surface area contributed by atoms with Gasteiger partial charge in [-0.1, -0.05) is 30.8 Å². The van der Waals surface area contributed by atoms with E-state index in [4.69, 9.17) is 9.72 Å². The van der Waals surface area contributed by atoms with Gasteiger partial charge in [-0.15, -0.1) is 0 Å². The van der Waals surface area contributed by atoms with Gasteiger partial charge in [-0.2, -0.15) is 0 Å². The molecule has 0 saturated heterocycles. The maximum Gasteiger partial charge on any atom is 0.262 e. The highest BCUT2D eigenvalue weighted by Crippen LogP contribution is 2.26. The van der Waals surface area contributed by atoms with E-state index in [9.17, 15) is 9.59 Å². The predicted octanol–water partition coefficient (Wildman–Crippen LogP) is 5.76. The molecule has 0 spiro atoms. The van der Waals surface area contributed by atoms with Crippen LogP contribution in [0, 0.1) is 13.8 Å². The summed E-state index contributed by atoms with van der Waals surface area (Å²) < 4.78 is 9.05. The van der Waals surface area contributed by atoms with E-state index in [1.54, 1.807) is 17.7 Å². The van der Waals surface area contributed by atoms with Crippen LogP contribution < -0.4 is 10.3 Å². The molecule has 1 atom stereocenters.